The van der Waals surface area contributed by atoms with Gasteiger partial charge in [0.15, 0.2) is 0 Å². The van der Waals surface area contributed by atoms with Crippen molar-refractivity contribution in [2.45, 2.75) is 35.1 Å². The topological polar surface area (TPSA) is 73.6 Å². The van der Waals surface area contributed by atoms with Crippen LogP contribution in [0, 0.1) is 38.5 Å². The van der Waals surface area contributed by atoms with Crippen LogP contribution in [0.1, 0.15) is 35.1 Å². The normalized spacial score (nSPS) is 10.3. The molecule has 6 rings (SSSR count). The summed E-state index contributed by atoms with van der Waals surface area (Å²) in [5.41, 5.74) is 29.7. The molecule has 0 aromatic heterocycles. The third kappa shape index (κ3) is 19.6. The Bertz CT molecular complexity index is 1510. The van der Waals surface area contributed by atoms with E-state index >= 15 is 0 Å². The molecule has 5 heteroatoms. The first-order valence-electron chi connectivity index (χ1n) is 16.5. The molecule has 0 aliphatic rings. The standard InChI is InChI=1S/C12H11N.2C12H10N.2C5H10.CH4.2Pd/c3*13-12-9-5-4-8-11(12)10-6-2-1-3-7-10;2*1-4-5(2)3;;;/h1-9H,13H2;2*1-9,13H;2*4-5H,2H2,1,3H3;1H4;;/q;2*-1;2*-2;;;. The van der Waals surface area contributed by atoms with Crippen molar-refractivity contribution in [1.82, 2.24) is 0 Å². The molecule has 52 heavy (non-hydrogen) atoms. The number of rotatable bonds is 5. The summed E-state index contributed by atoms with van der Waals surface area (Å²) < 4.78 is 0. The smallest absolute Gasteiger partial charge is 0.0393 e. The van der Waals surface area contributed by atoms with Crippen LogP contribution in [0.2, 0.25) is 0 Å². The molecule has 0 amide bonds. The van der Waals surface area contributed by atoms with Gasteiger partial charge in [0, 0.05) is 52.1 Å². The van der Waals surface area contributed by atoms with Crippen LogP contribution in [0.4, 0.5) is 17.1 Å². The molecule has 2 unspecified atom stereocenters. The van der Waals surface area contributed by atoms with Crippen molar-refractivity contribution in [1.29, 1.82) is 0 Å². The van der Waals surface area contributed by atoms with Crippen molar-refractivity contribution in [2.75, 3.05) is 5.73 Å². The predicted octanol–water partition coefficient (Wildman–Crippen LogP) is 15.0. The molecule has 2 atom stereocenters. The fraction of sp³-hybridized carbons (Fsp3) is 0.149. The van der Waals surface area contributed by atoms with Crippen molar-refractivity contribution in [3.8, 4) is 33.4 Å². The molecule has 3 nitrogen and oxygen atoms in total. The summed E-state index contributed by atoms with van der Waals surface area (Å²) >= 11 is 0. The van der Waals surface area contributed by atoms with Crippen molar-refractivity contribution < 1.29 is 40.8 Å². The van der Waals surface area contributed by atoms with Gasteiger partial charge in [-0.15, -0.1) is 25.2 Å². The summed E-state index contributed by atoms with van der Waals surface area (Å²) in [6, 6.07) is 53.3. The Morgan fingerprint density at radius 2 is 0.673 bits per heavy atom. The number of hydrogen-bond donors (Lipinski definition) is 1. The Balaban J connectivity index is 0. The Morgan fingerprint density at radius 3 is 0.942 bits per heavy atom. The second-order valence-electron chi connectivity index (χ2n) is 11.4. The molecule has 0 aliphatic carbocycles. The van der Waals surface area contributed by atoms with Crippen LogP contribution < -0.4 is 5.73 Å². The van der Waals surface area contributed by atoms with Crippen molar-refractivity contribution in [3.05, 3.63) is 202 Å². The SMILES string of the molecule is C.Nc1ccccc1-c1ccccc1.[CH2-]C(C)[CH-]C.[CH2-]C(C)[CH-]C.[NH-]c1ccccc1-c1ccccc1.[NH-]c1ccccc1-c1ccccc1.[Pd].[Pd]. The minimum absolute atomic E-state index is 0. The van der Waals surface area contributed by atoms with E-state index in [0.29, 0.717) is 23.2 Å². The Morgan fingerprint density at radius 1 is 0.442 bits per heavy atom. The molecular formula is C47H55N3Pd2-6. The Labute approximate surface area is 343 Å². The van der Waals surface area contributed by atoms with Gasteiger partial charge in [-0.25, -0.2) is 0 Å². The maximum absolute atomic E-state index is 7.71. The van der Waals surface area contributed by atoms with E-state index in [2.05, 4.69) is 52.7 Å². The molecule has 0 spiro atoms. The Kier molecular flexibility index (Phi) is 28.6. The molecular weight excluding hydrogens is 819 g/mol. The zero-order valence-corrected chi connectivity index (χ0v) is 33.1. The van der Waals surface area contributed by atoms with Gasteiger partial charge in [0.05, 0.1) is 0 Å². The number of benzene rings is 6. The molecule has 0 aliphatic heterocycles. The van der Waals surface area contributed by atoms with Crippen LogP contribution in [-0.4, -0.2) is 0 Å². The van der Waals surface area contributed by atoms with Crippen molar-refractivity contribution in [2.24, 2.45) is 11.8 Å². The number of nitrogen functional groups attached to an aromatic ring is 1. The summed E-state index contributed by atoms with van der Waals surface area (Å²) in [7, 11) is 0. The van der Waals surface area contributed by atoms with Gasteiger partial charge in [-0.05, 0) is 33.9 Å². The number of nitrogens with two attached hydrogens (primary N) is 1. The fourth-order valence-corrected chi connectivity index (χ4v) is 4.08. The zero-order valence-electron chi connectivity index (χ0n) is 30.0. The molecule has 0 fully saturated rings. The number of para-hydroxylation sites is 1. The van der Waals surface area contributed by atoms with Crippen LogP contribution in [0.15, 0.2) is 164 Å². The second-order valence-corrected chi connectivity index (χ2v) is 11.4. The van der Waals surface area contributed by atoms with Gasteiger partial charge in [0.2, 0.25) is 0 Å². The van der Waals surface area contributed by atoms with Crippen molar-refractivity contribution >= 4 is 17.1 Å². The monoisotopic (exact) mass is 873 g/mol. The van der Waals surface area contributed by atoms with E-state index in [0.717, 1.165) is 33.5 Å². The molecule has 0 heterocycles. The molecule has 6 aromatic rings. The van der Waals surface area contributed by atoms with E-state index in [1.807, 2.05) is 166 Å². The van der Waals surface area contributed by atoms with Crippen LogP contribution >= 0.6 is 0 Å². The van der Waals surface area contributed by atoms with E-state index in [1.54, 1.807) is 0 Å². The zero-order chi connectivity index (χ0) is 35.9. The predicted molar refractivity (Wildman–Crippen MR) is 224 cm³/mol. The quantitative estimate of drug-likeness (QED) is 0.105. The van der Waals surface area contributed by atoms with Gasteiger partial charge < -0.3 is 55.7 Å². The van der Waals surface area contributed by atoms with E-state index < -0.39 is 0 Å². The molecule has 0 saturated carbocycles. The molecule has 0 saturated heterocycles. The molecule has 0 radical (unpaired) electrons. The molecule has 0 bridgehead atoms. The first-order chi connectivity index (χ1) is 23.7. The largest absolute Gasteiger partial charge is 0.698 e. The minimum Gasteiger partial charge on any atom is -0.698 e. The van der Waals surface area contributed by atoms with Crippen LogP contribution in [0.5, 0.6) is 0 Å². The molecule has 6 aromatic carbocycles. The molecule has 4 N–H and O–H groups in total. The number of hydrogen-bond acceptors (Lipinski definition) is 1. The van der Waals surface area contributed by atoms with Gasteiger partial charge in [-0.1, -0.05) is 165 Å². The minimum atomic E-state index is 0. The van der Waals surface area contributed by atoms with E-state index in [-0.39, 0.29) is 48.3 Å². The van der Waals surface area contributed by atoms with Gasteiger partial charge in [0.1, 0.15) is 0 Å². The average molecular weight is 875 g/mol. The number of nitrogens with one attached hydrogen (secondary N) is 2. The van der Waals surface area contributed by atoms with Gasteiger partial charge >= 0.3 is 0 Å². The van der Waals surface area contributed by atoms with Gasteiger partial charge in [0.25, 0.3) is 0 Å². The van der Waals surface area contributed by atoms with Crippen LogP contribution in [-0.2, 0) is 40.8 Å². The fourth-order valence-electron chi connectivity index (χ4n) is 4.08. The summed E-state index contributed by atoms with van der Waals surface area (Å²) in [5.74, 6) is 1.02. The summed E-state index contributed by atoms with van der Waals surface area (Å²) in [4.78, 5) is 0. The van der Waals surface area contributed by atoms with Gasteiger partial charge in [-0.2, -0.15) is 13.8 Å². The third-order valence-corrected chi connectivity index (χ3v) is 7.21. The third-order valence-electron chi connectivity index (χ3n) is 7.21. The first-order valence-corrected chi connectivity index (χ1v) is 16.5. The van der Waals surface area contributed by atoms with E-state index in [4.69, 9.17) is 17.2 Å². The second kappa shape index (κ2) is 29.6. The van der Waals surface area contributed by atoms with Crippen LogP contribution in [0.25, 0.3) is 44.8 Å². The van der Waals surface area contributed by atoms with Gasteiger partial charge in [-0.3, -0.25) is 0 Å². The van der Waals surface area contributed by atoms with E-state index in [9.17, 15) is 0 Å². The number of anilines is 1. The molecule has 284 valence electrons. The average Bonchev–Trinajstić information content (AvgIpc) is 3.14. The summed E-state index contributed by atoms with van der Waals surface area (Å²) in [6.45, 7) is 15.5. The Hall–Kier alpha value is -3.96. The van der Waals surface area contributed by atoms with Crippen LogP contribution in [0.3, 0.4) is 0 Å². The summed E-state index contributed by atoms with van der Waals surface area (Å²) in [6.07, 6.45) is 4.11. The maximum atomic E-state index is 7.71. The van der Waals surface area contributed by atoms with E-state index in [1.165, 1.54) is 5.56 Å². The maximum Gasteiger partial charge on any atom is 0.0393 e. The first kappa shape index (κ1) is 50.2. The summed E-state index contributed by atoms with van der Waals surface area (Å²) in [5, 5.41) is 0. The van der Waals surface area contributed by atoms with Crippen molar-refractivity contribution in [3.63, 3.8) is 0 Å².